The van der Waals surface area contributed by atoms with Gasteiger partial charge in [-0.1, -0.05) is 26.0 Å². The zero-order valence-electron chi connectivity index (χ0n) is 11.4. The summed E-state index contributed by atoms with van der Waals surface area (Å²) in [6.07, 6.45) is 2.01. The number of carbonyl (C=O) groups is 1. The molecule has 0 spiro atoms. The van der Waals surface area contributed by atoms with Crippen molar-refractivity contribution in [3.8, 4) is 0 Å². The first-order valence-electron chi connectivity index (χ1n) is 6.71. The summed E-state index contributed by atoms with van der Waals surface area (Å²) < 4.78 is 0. The number of benzene rings is 1. The average molecular weight is 246 g/mol. The smallest absolute Gasteiger partial charge is 0.251 e. The van der Waals surface area contributed by atoms with E-state index in [1.165, 1.54) is 11.1 Å². The Bertz CT molecular complexity index is 440. The summed E-state index contributed by atoms with van der Waals surface area (Å²) in [5.74, 6) is 0.574. The van der Waals surface area contributed by atoms with Crippen molar-refractivity contribution in [3.63, 3.8) is 0 Å². The number of rotatable bonds is 3. The van der Waals surface area contributed by atoms with Gasteiger partial charge in [-0.15, -0.1) is 0 Å². The third-order valence-corrected chi connectivity index (χ3v) is 3.62. The fourth-order valence-corrected chi connectivity index (χ4v) is 2.68. The van der Waals surface area contributed by atoms with Crippen LogP contribution in [0.25, 0.3) is 0 Å². The average Bonchev–Trinajstić information content (AvgIpc) is 2.52. The lowest BCUT2D eigenvalue weighted by Gasteiger charge is -2.21. The molecule has 0 bridgehead atoms. The van der Waals surface area contributed by atoms with Crippen LogP contribution in [-0.4, -0.2) is 19.5 Å². The lowest BCUT2D eigenvalue weighted by molar-refractivity contribution is 0.0956. The second-order valence-electron chi connectivity index (χ2n) is 5.29. The predicted octanol–water partition coefficient (Wildman–Crippen LogP) is 2.28. The highest BCUT2D eigenvalue weighted by Gasteiger charge is 2.19. The van der Waals surface area contributed by atoms with E-state index < -0.39 is 0 Å². The molecule has 0 aliphatic carbocycles. The van der Waals surface area contributed by atoms with E-state index in [9.17, 15) is 4.79 Å². The van der Waals surface area contributed by atoms with Crippen molar-refractivity contribution >= 4 is 5.91 Å². The van der Waals surface area contributed by atoms with Crippen LogP contribution in [0.1, 0.15) is 47.8 Å². The highest BCUT2D eigenvalue weighted by atomic mass is 16.1. The molecule has 3 heteroatoms. The molecule has 0 aromatic heterocycles. The molecule has 1 aliphatic rings. The van der Waals surface area contributed by atoms with Crippen LogP contribution in [0.3, 0.4) is 0 Å². The number of amides is 1. The van der Waals surface area contributed by atoms with Gasteiger partial charge in [-0.25, -0.2) is 0 Å². The second kappa shape index (κ2) is 5.53. The van der Waals surface area contributed by atoms with Crippen molar-refractivity contribution in [1.29, 1.82) is 0 Å². The molecule has 18 heavy (non-hydrogen) atoms. The molecule has 0 fully saturated rings. The van der Waals surface area contributed by atoms with Crippen molar-refractivity contribution in [2.75, 3.05) is 13.6 Å². The van der Waals surface area contributed by atoms with E-state index in [1.807, 2.05) is 7.05 Å². The molecule has 1 aliphatic heterocycles. The van der Waals surface area contributed by atoms with Crippen molar-refractivity contribution in [1.82, 2.24) is 10.6 Å². The van der Waals surface area contributed by atoms with Gasteiger partial charge in [0.2, 0.25) is 0 Å². The topological polar surface area (TPSA) is 41.1 Å². The quantitative estimate of drug-likeness (QED) is 0.859. The minimum absolute atomic E-state index is 0.0722. The first kappa shape index (κ1) is 13.1. The Kier molecular flexibility index (Phi) is 4.02. The van der Waals surface area contributed by atoms with Crippen molar-refractivity contribution in [2.24, 2.45) is 5.92 Å². The Hall–Kier alpha value is -1.35. The molecule has 0 saturated carbocycles. The molecule has 1 amide bonds. The van der Waals surface area contributed by atoms with Crippen LogP contribution < -0.4 is 10.6 Å². The van der Waals surface area contributed by atoms with Crippen LogP contribution in [-0.2, 0) is 6.42 Å². The molecule has 1 aromatic carbocycles. The Morgan fingerprint density at radius 2 is 2.11 bits per heavy atom. The van der Waals surface area contributed by atoms with E-state index in [-0.39, 0.29) is 5.91 Å². The van der Waals surface area contributed by atoms with Crippen LogP contribution in [0.4, 0.5) is 0 Å². The van der Waals surface area contributed by atoms with Gasteiger partial charge in [0.1, 0.15) is 0 Å². The number of aryl methyl sites for hydroxylation is 1. The summed E-state index contributed by atoms with van der Waals surface area (Å²) in [6, 6.07) is 6.62. The molecule has 1 heterocycles. The van der Waals surface area contributed by atoms with E-state index in [1.54, 1.807) is 0 Å². The van der Waals surface area contributed by atoms with Crippen LogP contribution in [0, 0.1) is 5.92 Å². The fraction of sp³-hybridized carbons (Fsp3) is 0.533. The Balaban J connectivity index is 2.38. The van der Waals surface area contributed by atoms with Crippen LogP contribution >= 0.6 is 0 Å². The largest absolute Gasteiger partial charge is 0.352 e. The van der Waals surface area contributed by atoms with E-state index in [0.29, 0.717) is 12.0 Å². The Labute approximate surface area is 109 Å². The standard InChI is InChI=1S/C15H22N2O/c1-10(2)14(16-3)12-7-6-11-5-4-8-17-15(18)13(11)9-12/h6-7,9-10,14,16H,4-5,8H2,1-3H3,(H,17,18). The van der Waals surface area contributed by atoms with E-state index in [2.05, 4.69) is 42.7 Å². The number of hydrogen-bond donors (Lipinski definition) is 2. The van der Waals surface area contributed by atoms with Gasteiger partial charge in [0.25, 0.3) is 5.91 Å². The minimum Gasteiger partial charge on any atom is -0.352 e. The summed E-state index contributed by atoms with van der Waals surface area (Å²) in [4.78, 5) is 12.0. The number of hydrogen-bond acceptors (Lipinski definition) is 2. The van der Waals surface area contributed by atoms with Crippen molar-refractivity contribution in [2.45, 2.75) is 32.7 Å². The maximum atomic E-state index is 12.0. The Morgan fingerprint density at radius 1 is 1.33 bits per heavy atom. The molecule has 0 saturated heterocycles. The molecule has 98 valence electrons. The van der Waals surface area contributed by atoms with E-state index in [0.717, 1.165) is 24.9 Å². The fourth-order valence-electron chi connectivity index (χ4n) is 2.68. The molecule has 2 rings (SSSR count). The van der Waals surface area contributed by atoms with Crippen molar-refractivity contribution in [3.05, 3.63) is 34.9 Å². The van der Waals surface area contributed by atoms with Gasteiger partial charge < -0.3 is 10.6 Å². The molecule has 3 nitrogen and oxygen atoms in total. The van der Waals surface area contributed by atoms with Gasteiger partial charge >= 0.3 is 0 Å². The summed E-state index contributed by atoms with van der Waals surface area (Å²) in [5.41, 5.74) is 3.22. The van der Waals surface area contributed by atoms with E-state index >= 15 is 0 Å². The SMILES string of the molecule is CNC(c1ccc2c(c1)C(=O)NCCC2)C(C)C. The van der Waals surface area contributed by atoms with Gasteiger partial charge in [0.15, 0.2) is 0 Å². The van der Waals surface area contributed by atoms with Gasteiger partial charge in [-0.2, -0.15) is 0 Å². The van der Waals surface area contributed by atoms with Crippen molar-refractivity contribution < 1.29 is 4.79 Å². The summed E-state index contributed by atoms with van der Waals surface area (Å²) in [6.45, 7) is 5.16. The third kappa shape index (κ3) is 2.56. The van der Waals surface area contributed by atoms with Gasteiger partial charge in [-0.3, -0.25) is 4.79 Å². The summed E-state index contributed by atoms with van der Waals surface area (Å²) >= 11 is 0. The minimum atomic E-state index is 0.0722. The van der Waals surface area contributed by atoms with E-state index in [4.69, 9.17) is 0 Å². The molecule has 1 unspecified atom stereocenters. The highest BCUT2D eigenvalue weighted by Crippen LogP contribution is 2.25. The predicted molar refractivity (Wildman–Crippen MR) is 73.7 cm³/mol. The molecule has 1 aromatic rings. The molecular formula is C15H22N2O. The number of nitrogens with one attached hydrogen (secondary N) is 2. The molecular weight excluding hydrogens is 224 g/mol. The highest BCUT2D eigenvalue weighted by molar-refractivity contribution is 5.96. The van der Waals surface area contributed by atoms with Crippen LogP contribution in [0.5, 0.6) is 0 Å². The zero-order valence-corrected chi connectivity index (χ0v) is 11.4. The molecule has 1 atom stereocenters. The summed E-state index contributed by atoms with van der Waals surface area (Å²) in [7, 11) is 1.97. The lowest BCUT2D eigenvalue weighted by Crippen LogP contribution is -2.24. The monoisotopic (exact) mass is 246 g/mol. The maximum Gasteiger partial charge on any atom is 0.251 e. The third-order valence-electron chi connectivity index (χ3n) is 3.62. The van der Waals surface area contributed by atoms with Crippen LogP contribution in [0.15, 0.2) is 18.2 Å². The Morgan fingerprint density at radius 3 is 2.78 bits per heavy atom. The van der Waals surface area contributed by atoms with Crippen LogP contribution in [0.2, 0.25) is 0 Å². The van der Waals surface area contributed by atoms with Gasteiger partial charge in [-0.05, 0) is 43.0 Å². The summed E-state index contributed by atoms with van der Waals surface area (Å²) in [5, 5.41) is 6.28. The number of carbonyl (C=O) groups excluding carboxylic acids is 1. The maximum absolute atomic E-state index is 12.0. The molecule has 2 N–H and O–H groups in total. The number of fused-ring (bicyclic) bond motifs is 1. The first-order chi connectivity index (χ1) is 8.63. The van der Waals surface area contributed by atoms with Gasteiger partial charge in [0.05, 0.1) is 0 Å². The first-order valence-corrected chi connectivity index (χ1v) is 6.71. The lowest BCUT2D eigenvalue weighted by atomic mass is 9.92. The normalized spacial score (nSPS) is 17.0. The van der Waals surface area contributed by atoms with Gasteiger partial charge in [0, 0.05) is 18.2 Å². The zero-order chi connectivity index (χ0) is 13.1. The second-order valence-corrected chi connectivity index (χ2v) is 5.29. The molecule has 0 radical (unpaired) electrons.